The van der Waals surface area contributed by atoms with Crippen LogP contribution in [0.2, 0.25) is 5.02 Å². The van der Waals surface area contributed by atoms with Gasteiger partial charge in [0, 0.05) is 35.8 Å². The lowest BCUT2D eigenvalue weighted by atomic mass is 9.96. The van der Waals surface area contributed by atoms with Gasteiger partial charge in [0.2, 0.25) is 11.8 Å². The number of allylic oxidation sites excluding steroid dienone is 1. The highest BCUT2D eigenvalue weighted by atomic mass is 35.5. The topological polar surface area (TPSA) is 119 Å². The molecule has 1 fully saturated rings. The maximum atomic E-state index is 15.3. The van der Waals surface area contributed by atoms with Crippen LogP contribution in [0.4, 0.5) is 10.1 Å². The molecule has 0 unspecified atom stereocenters. The van der Waals surface area contributed by atoms with Crippen molar-refractivity contribution in [3.05, 3.63) is 71.5 Å². The van der Waals surface area contributed by atoms with Gasteiger partial charge < -0.3 is 10.2 Å². The van der Waals surface area contributed by atoms with E-state index in [1.165, 1.54) is 23.2 Å². The van der Waals surface area contributed by atoms with Crippen LogP contribution in [0.3, 0.4) is 0 Å². The fourth-order valence-corrected chi connectivity index (χ4v) is 5.30. The molecule has 186 valence electrons. The molecule has 2 atom stereocenters. The molecule has 0 aliphatic carbocycles. The number of nitrogens with zero attached hydrogens (tertiary/aromatic N) is 7. The first kappa shape index (κ1) is 23.2. The minimum Gasteiger partial charge on any atom is -0.324 e. The van der Waals surface area contributed by atoms with Crippen LogP contribution in [-0.4, -0.2) is 59.0 Å². The van der Waals surface area contributed by atoms with E-state index < -0.39 is 11.9 Å². The van der Waals surface area contributed by atoms with E-state index in [0.717, 1.165) is 5.52 Å². The predicted octanol–water partition coefficient (Wildman–Crippen LogP) is 3.57. The molecule has 2 aliphatic rings. The minimum atomic E-state index is -0.649. The largest absolute Gasteiger partial charge is 0.324 e. The maximum absolute atomic E-state index is 15.3. The fraction of sp³-hybridized carbons (Fsp3) is 0.240. The molecular weight excluding hydrogens is 499 g/mol. The number of carbonyl (C=O) groups excluding carboxylic acids is 2. The zero-order chi connectivity index (χ0) is 25.5. The Kier molecular flexibility index (Phi) is 5.84. The van der Waals surface area contributed by atoms with E-state index in [4.69, 9.17) is 11.6 Å². The summed E-state index contributed by atoms with van der Waals surface area (Å²) in [6.45, 7) is 0. The molecule has 6 rings (SSSR count). The quantitative estimate of drug-likeness (QED) is 0.438. The van der Waals surface area contributed by atoms with Crippen molar-refractivity contribution in [3.63, 3.8) is 0 Å². The number of tetrazole rings is 1. The van der Waals surface area contributed by atoms with Crippen molar-refractivity contribution < 1.29 is 14.0 Å². The molecule has 1 N–H and O–H groups in total. The Hall–Kier alpha value is -4.25. The van der Waals surface area contributed by atoms with Crippen molar-refractivity contribution in [3.8, 4) is 5.69 Å². The Morgan fingerprint density at radius 2 is 1.92 bits per heavy atom. The summed E-state index contributed by atoms with van der Waals surface area (Å²) in [6.07, 6.45) is 8.16. The molecule has 2 aromatic carbocycles. The van der Waals surface area contributed by atoms with Gasteiger partial charge in [-0.05, 0) is 72.0 Å². The molecule has 4 aromatic rings. The molecule has 0 radical (unpaired) electrons. The number of anilines is 1. The van der Waals surface area contributed by atoms with E-state index >= 15 is 4.39 Å². The average Bonchev–Trinajstić information content (AvgIpc) is 3.56. The van der Waals surface area contributed by atoms with Crippen molar-refractivity contribution in [1.29, 1.82) is 0 Å². The van der Waals surface area contributed by atoms with Gasteiger partial charge >= 0.3 is 0 Å². The van der Waals surface area contributed by atoms with Crippen molar-refractivity contribution in [2.24, 2.45) is 0 Å². The highest BCUT2D eigenvalue weighted by Gasteiger charge is 2.41. The van der Waals surface area contributed by atoms with Crippen LogP contribution in [0.1, 0.15) is 31.2 Å². The summed E-state index contributed by atoms with van der Waals surface area (Å²) in [4.78, 5) is 36.8. The van der Waals surface area contributed by atoms with Crippen molar-refractivity contribution in [2.45, 2.75) is 37.8 Å². The van der Waals surface area contributed by atoms with Crippen molar-refractivity contribution in [1.82, 2.24) is 35.1 Å². The molecule has 1 saturated heterocycles. The number of hydrogen-bond donors (Lipinski definition) is 1. The summed E-state index contributed by atoms with van der Waals surface area (Å²) < 4.78 is 16.6. The first-order valence-electron chi connectivity index (χ1n) is 11.8. The predicted molar refractivity (Wildman–Crippen MR) is 133 cm³/mol. The lowest BCUT2D eigenvalue weighted by molar-refractivity contribution is -0.134. The number of halogens is 2. The van der Waals surface area contributed by atoms with Crippen molar-refractivity contribution in [2.75, 3.05) is 5.32 Å². The number of hydrogen-bond acceptors (Lipinski definition) is 7. The van der Waals surface area contributed by atoms with Crippen LogP contribution >= 0.6 is 11.6 Å². The molecule has 37 heavy (non-hydrogen) atoms. The van der Waals surface area contributed by atoms with E-state index in [2.05, 4.69) is 30.8 Å². The molecule has 4 heterocycles. The number of benzene rings is 2. The zero-order valence-corrected chi connectivity index (χ0v) is 20.1. The summed E-state index contributed by atoms with van der Waals surface area (Å²) >= 11 is 6.10. The Morgan fingerprint density at radius 3 is 2.73 bits per heavy atom. The summed E-state index contributed by atoms with van der Waals surface area (Å²) in [7, 11) is 0. The van der Waals surface area contributed by atoms with Gasteiger partial charge in [-0.3, -0.25) is 19.6 Å². The van der Waals surface area contributed by atoms with Gasteiger partial charge in [-0.1, -0.05) is 11.6 Å². The zero-order valence-electron chi connectivity index (χ0n) is 19.4. The van der Waals surface area contributed by atoms with E-state index in [0.29, 0.717) is 48.1 Å². The smallest absolute Gasteiger partial charge is 0.247 e. The lowest BCUT2D eigenvalue weighted by Crippen LogP contribution is -2.45. The first-order valence-corrected chi connectivity index (χ1v) is 12.1. The fourth-order valence-electron chi connectivity index (χ4n) is 5.15. The molecule has 12 heteroatoms. The SMILES string of the molecule is O=C(Nc1ccc2nccnc2c1)[C@@H]1CC[C@H]2CCC(c3c(-n4cnnn4)ccc(Cl)c3F)=CC(=O)N21. The highest BCUT2D eigenvalue weighted by Crippen LogP contribution is 2.38. The second-order valence-electron chi connectivity index (χ2n) is 8.96. The average molecular weight is 519 g/mol. The van der Waals surface area contributed by atoms with Crippen LogP contribution < -0.4 is 5.32 Å². The monoisotopic (exact) mass is 518 g/mol. The number of carbonyl (C=O) groups is 2. The van der Waals surface area contributed by atoms with Gasteiger partial charge in [0.1, 0.15) is 12.4 Å². The molecule has 0 saturated carbocycles. The molecular formula is C25H20ClFN8O2. The van der Waals surface area contributed by atoms with Crippen molar-refractivity contribution >= 4 is 45.7 Å². The molecule has 0 bridgehead atoms. The molecule has 0 spiro atoms. The van der Waals surface area contributed by atoms with Gasteiger partial charge in [0.05, 0.1) is 21.7 Å². The van der Waals surface area contributed by atoms with Crippen LogP contribution in [0.5, 0.6) is 0 Å². The lowest BCUT2D eigenvalue weighted by Gasteiger charge is -2.27. The Morgan fingerprint density at radius 1 is 1.08 bits per heavy atom. The minimum absolute atomic E-state index is 0.0674. The van der Waals surface area contributed by atoms with E-state index in [1.54, 1.807) is 41.6 Å². The van der Waals surface area contributed by atoms with Crippen LogP contribution in [0, 0.1) is 5.82 Å². The Balaban J connectivity index is 1.29. The molecule has 2 aliphatic heterocycles. The second kappa shape index (κ2) is 9.32. The molecule has 2 amide bonds. The highest BCUT2D eigenvalue weighted by molar-refractivity contribution is 6.31. The third-order valence-electron chi connectivity index (χ3n) is 6.83. The van der Waals surface area contributed by atoms with E-state index in [9.17, 15) is 9.59 Å². The van der Waals surface area contributed by atoms with E-state index in [1.807, 2.05) is 0 Å². The molecule has 2 aromatic heterocycles. The summed E-state index contributed by atoms with van der Waals surface area (Å²) in [5.74, 6) is -1.27. The molecule has 10 nitrogen and oxygen atoms in total. The summed E-state index contributed by atoms with van der Waals surface area (Å²) in [6, 6.07) is 7.53. The van der Waals surface area contributed by atoms with Gasteiger partial charge in [0.15, 0.2) is 5.82 Å². The second-order valence-corrected chi connectivity index (χ2v) is 9.37. The maximum Gasteiger partial charge on any atom is 0.247 e. The van der Waals surface area contributed by atoms with E-state index in [-0.39, 0.29) is 28.4 Å². The van der Waals surface area contributed by atoms with Gasteiger partial charge in [-0.25, -0.2) is 4.39 Å². The van der Waals surface area contributed by atoms with Crippen LogP contribution in [0.25, 0.3) is 22.3 Å². The Bertz CT molecular complexity index is 1560. The van der Waals surface area contributed by atoms with Gasteiger partial charge in [0.25, 0.3) is 0 Å². The van der Waals surface area contributed by atoms with Crippen LogP contribution in [-0.2, 0) is 9.59 Å². The standard InChI is InChI=1S/C25H20ClFN8O2/c26-17-5-8-20(34-13-30-32-33-34)23(24(17)27)14-1-3-16-4-7-21(35(16)22(36)11-14)25(37)31-15-2-6-18-19(12-15)29-10-9-28-18/h2,5-6,8-13,16,21H,1,3-4,7H2,(H,31,37)/t16-,21+/m1/s1. The summed E-state index contributed by atoms with van der Waals surface area (Å²) in [5, 5.41) is 14.0. The number of amides is 2. The summed E-state index contributed by atoms with van der Waals surface area (Å²) in [5.41, 5.74) is 2.99. The number of rotatable bonds is 4. The van der Waals surface area contributed by atoms with Crippen LogP contribution in [0.15, 0.2) is 55.1 Å². The third kappa shape index (κ3) is 4.20. The number of nitrogens with one attached hydrogen (secondary N) is 1. The van der Waals surface area contributed by atoms with Gasteiger partial charge in [-0.2, -0.15) is 4.68 Å². The number of aromatic nitrogens is 6. The Labute approximate surface area is 215 Å². The normalized spacial score (nSPS) is 19.5. The first-order chi connectivity index (χ1) is 18.0. The van der Waals surface area contributed by atoms with Gasteiger partial charge in [-0.15, -0.1) is 5.10 Å². The number of fused-ring (bicyclic) bond motifs is 2. The third-order valence-corrected chi connectivity index (χ3v) is 7.12.